The minimum atomic E-state index is -0.428. The first-order chi connectivity index (χ1) is 9.51. The van der Waals surface area contributed by atoms with E-state index in [0.29, 0.717) is 12.3 Å². The fourth-order valence-electron chi connectivity index (χ4n) is 2.05. The van der Waals surface area contributed by atoms with Gasteiger partial charge in [-0.05, 0) is 42.7 Å². The molecule has 0 saturated carbocycles. The molecule has 0 fully saturated rings. The van der Waals surface area contributed by atoms with Crippen LogP contribution in [0.2, 0.25) is 0 Å². The highest BCUT2D eigenvalue weighted by Gasteiger charge is 2.19. The Balaban J connectivity index is 2.44. The van der Waals surface area contributed by atoms with Crippen LogP contribution in [0.3, 0.4) is 0 Å². The van der Waals surface area contributed by atoms with E-state index in [1.54, 1.807) is 19.1 Å². The first-order valence-corrected chi connectivity index (χ1v) is 6.23. The maximum atomic E-state index is 11.1. The topological polar surface area (TPSA) is 78.4 Å². The number of hydrogen-bond acceptors (Lipinski definition) is 4. The van der Waals surface area contributed by atoms with Crippen LogP contribution in [0.4, 0.5) is 5.69 Å². The molecule has 0 aromatic heterocycles. The monoisotopic (exact) mass is 272 g/mol. The van der Waals surface area contributed by atoms with Crippen LogP contribution >= 0.6 is 0 Å². The number of nitrogens with zero attached hydrogens (tertiary/aromatic N) is 1. The lowest BCUT2D eigenvalue weighted by molar-refractivity contribution is -0.385. The number of ether oxygens (including phenoxy) is 1. The van der Waals surface area contributed by atoms with Crippen molar-refractivity contribution < 1.29 is 9.66 Å². The summed E-state index contributed by atoms with van der Waals surface area (Å²) in [7, 11) is 0. The minimum absolute atomic E-state index is 0.0272. The molecule has 2 aromatic rings. The highest BCUT2D eigenvalue weighted by molar-refractivity contribution is 5.55. The van der Waals surface area contributed by atoms with E-state index in [4.69, 9.17) is 10.5 Å². The van der Waals surface area contributed by atoms with Gasteiger partial charge in [0.25, 0.3) is 0 Å². The lowest BCUT2D eigenvalue weighted by Crippen LogP contribution is -1.99. The van der Waals surface area contributed by atoms with Crippen LogP contribution in [0.5, 0.6) is 11.5 Å². The quantitative estimate of drug-likeness (QED) is 0.682. The van der Waals surface area contributed by atoms with Gasteiger partial charge in [-0.25, -0.2) is 0 Å². The van der Waals surface area contributed by atoms with Gasteiger partial charge in [0.05, 0.1) is 4.92 Å². The van der Waals surface area contributed by atoms with Gasteiger partial charge in [0, 0.05) is 12.6 Å². The van der Waals surface area contributed by atoms with E-state index in [9.17, 15) is 10.1 Å². The molecule has 20 heavy (non-hydrogen) atoms. The molecule has 0 unspecified atom stereocenters. The van der Waals surface area contributed by atoms with Gasteiger partial charge in [-0.15, -0.1) is 0 Å². The van der Waals surface area contributed by atoms with Gasteiger partial charge in [0.2, 0.25) is 5.75 Å². The van der Waals surface area contributed by atoms with Crippen LogP contribution in [-0.4, -0.2) is 4.92 Å². The first kappa shape index (κ1) is 14.0. The Morgan fingerprint density at radius 2 is 2.00 bits per heavy atom. The maximum absolute atomic E-state index is 11.1. The number of rotatable bonds is 4. The molecule has 0 bridgehead atoms. The number of nitrogens with two attached hydrogens (primary N) is 1. The third-order valence-corrected chi connectivity index (χ3v) is 2.95. The van der Waals surface area contributed by atoms with Crippen molar-refractivity contribution in [1.29, 1.82) is 0 Å². The Bertz CT molecular complexity index is 654. The first-order valence-electron chi connectivity index (χ1n) is 6.23. The van der Waals surface area contributed by atoms with E-state index < -0.39 is 4.92 Å². The second kappa shape index (κ2) is 5.71. The summed E-state index contributed by atoms with van der Waals surface area (Å²) in [6.45, 7) is 4.01. The van der Waals surface area contributed by atoms with Crippen molar-refractivity contribution in [2.75, 3.05) is 0 Å². The van der Waals surface area contributed by atoms with Crippen LogP contribution in [0, 0.1) is 24.0 Å². The summed E-state index contributed by atoms with van der Waals surface area (Å²) in [4.78, 5) is 10.7. The third-order valence-electron chi connectivity index (χ3n) is 2.95. The van der Waals surface area contributed by atoms with Crippen molar-refractivity contribution in [1.82, 2.24) is 0 Å². The zero-order chi connectivity index (χ0) is 14.7. The van der Waals surface area contributed by atoms with E-state index in [1.807, 2.05) is 25.1 Å². The molecule has 0 amide bonds. The van der Waals surface area contributed by atoms with E-state index in [1.165, 1.54) is 6.07 Å². The Hall–Kier alpha value is -2.40. The summed E-state index contributed by atoms with van der Waals surface area (Å²) in [5.74, 6) is 0.817. The van der Waals surface area contributed by atoms with Crippen LogP contribution in [0.25, 0.3) is 0 Å². The summed E-state index contributed by atoms with van der Waals surface area (Å²) in [6.07, 6.45) is 0. The van der Waals surface area contributed by atoms with Crippen LogP contribution < -0.4 is 10.5 Å². The highest BCUT2D eigenvalue weighted by Crippen LogP contribution is 2.35. The predicted octanol–water partition coefficient (Wildman–Crippen LogP) is 3.46. The molecule has 0 atom stereocenters. The van der Waals surface area contributed by atoms with Crippen LogP contribution in [-0.2, 0) is 6.54 Å². The van der Waals surface area contributed by atoms with E-state index in [-0.39, 0.29) is 11.4 Å². The van der Waals surface area contributed by atoms with Crippen LogP contribution in [0.15, 0.2) is 36.4 Å². The third kappa shape index (κ3) is 2.95. The van der Waals surface area contributed by atoms with Crippen molar-refractivity contribution in [3.63, 3.8) is 0 Å². The fourth-order valence-corrected chi connectivity index (χ4v) is 2.05. The number of nitro groups is 1. The summed E-state index contributed by atoms with van der Waals surface area (Å²) < 4.78 is 5.70. The number of aryl methyl sites for hydroxylation is 2. The zero-order valence-electron chi connectivity index (χ0n) is 11.4. The maximum Gasteiger partial charge on any atom is 0.312 e. The normalized spacial score (nSPS) is 10.3. The largest absolute Gasteiger partial charge is 0.450 e. The highest BCUT2D eigenvalue weighted by atomic mass is 16.6. The summed E-state index contributed by atoms with van der Waals surface area (Å²) in [5.41, 5.74) is 8.02. The predicted molar refractivity (Wildman–Crippen MR) is 77.0 cm³/mol. The molecule has 2 aromatic carbocycles. The molecule has 104 valence electrons. The average Bonchev–Trinajstić information content (AvgIpc) is 2.41. The van der Waals surface area contributed by atoms with Gasteiger partial charge >= 0.3 is 5.69 Å². The Kier molecular flexibility index (Phi) is 4.00. The Morgan fingerprint density at radius 1 is 1.25 bits per heavy atom. The molecule has 2 N–H and O–H groups in total. The second-order valence-electron chi connectivity index (χ2n) is 4.64. The van der Waals surface area contributed by atoms with Gasteiger partial charge in [-0.3, -0.25) is 10.1 Å². The Labute approximate surface area is 117 Å². The summed E-state index contributed by atoms with van der Waals surface area (Å²) in [6, 6.07) is 10.6. The van der Waals surface area contributed by atoms with Crippen molar-refractivity contribution >= 4 is 5.69 Å². The molecule has 0 spiro atoms. The van der Waals surface area contributed by atoms with Crippen molar-refractivity contribution in [3.05, 3.63) is 63.2 Å². The lowest BCUT2D eigenvalue weighted by atomic mass is 10.1. The lowest BCUT2D eigenvalue weighted by Gasteiger charge is -2.11. The van der Waals surface area contributed by atoms with Gasteiger partial charge in [0.1, 0.15) is 5.75 Å². The number of hydrogen-bond donors (Lipinski definition) is 1. The molecule has 0 saturated heterocycles. The summed E-state index contributed by atoms with van der Waals surface area (Å²) in [5, 5.41) is 11.1. The van der Waals surface area contributed by atoms with E-state index >= 15 is 0 Å². The number of benzene rings is 2. The van der Waals surface area contributed by atoms with Crippen molar-refractivity contribution in [3.8, 4) is 11.5 Å². The van der Waals surface area contributed by atoms with Crippen molar-refractivity contribution in [2.24, 2.45) is 5.73 Å². The Morgan fingerprint density at radius 3 is 2.65 bits per heavy atom. The van der Waals surface area contributed by atoms with E-state index in [2.05, 4.69) is 0 Å². The van der Waals surface area contributed by atoms with Crippen LogP contribution in [0.1, 0.15) is 16.7 Å². The minimum Gasteiger partial charge on any atom is -0.450 e. The van der Waals surface area contributed by atoms with Gasteiger partial charge in [-0.2, -0.15) is 0 Å². The molecular weight excluding hydrogens is 256 g/mol. The molecule has 5 nitrogen and oxygen atoms in total. The number of nitro benzene ring substituents is 1. The molecule has 0 aliphatic carbocycles. The SMILES string of the molecule is Cc1cc(C)c(Oc2cccc(CN)c2)c([N+](=O)[O-])c1. The second-order valence-corrected chi connectivity index (χ2v) is 4.64. The molecule has 0 aliphatic heterocycles. The van der Waals surface area contributed by atoms with E-state index in [0.717, 1.165) is 16.7 Å². The van der Waals surface area contributed by atoms with Gasteiger partial charge < -0.3 is 10.5 Å². The molecule has 2 rings (SSSR count). The zero-order valence-corrected chi connectivity index (χ0v) is 11.4. The van der Waals surface area contributed by atoms with Crippen molar-refractivity contribution in [2.45, 2.75) is 20.4 Å². The average molecular weight is 272 g/mol. The molecule has 0 radical (unpaired) electrons. The molecule has 0 aliphatic rings. The van der Waals surface area contributed by atoms with Gasteiger partial charge in [0.15, 0.2) is 0 Å². The fraction of sp³-hybridized carbons (Fsp3) is 0.200. The molecular formula is C15H16N2O3. The molecule has 0 heterocycles. The van der Waals surface area contributed by atoms with Gasteiger partial charge in [-0.1, -0.05) is 18.2 Å². The standard InChI is InChI=1S/C15H16N2O3/c1-10-6-11(2)15(14(7-10)17(18)19)20-13-5-3-4-12(8-13)9-16/h3-8H,9,16H2,1-2H3. The summed E-state index contributed by atoms with van der Waals surface area (Å²) >= 11 is 0. The smallest absolute Gasteiger partial charge is 0.312 e. The molecule has 5 heteroatoms.